The van der Waals surface area contributed by atoms with Gasteiger partial charge < -0.3 is 9.88 Å². The van der Waals surface area contributed by atoms with Crippen LogP contribution in [-0.2, 0) is 10.0 Å². The Bertz CT molecular complexity index is 912. The fraction of sp³-hybridized carbons (Fsp3) is 0.286. The maximum absolute atomic E-state index is 12.9. The van der Waals surface area contributed by atoms with Crippen molar-refractivity contribution in [3.8, 4) is 0 Å². The molecule has 1 saturated heterocycles. The van der Waals surface area contributed by atoms with Gasteiger partial charge in [0.2, 0.25) is 16.0 Å². The number of hydrogen-bond donors (Lipinski definition) is 1. The number of H-pyrrole nitrogens is 1. The van der Waals surface area contributed by atoms with Gasteiger partial charge in [0.1, 0.15) is 10.4 Å². The summed E-state index contributed by atoms with van der Waals surface area (Å²) in [6.07, 6.45) is 3.46. The Morgan fingerprint density at radius 1 is 1.13 bits per heavy atom. The average molecular weight is 349 g/mol. The number of nitrogens with zero attached hydrogens (tertiary/aromatic N) is 4. The molecule has 23 heavy (non-hydrogen) atoms. The molecule has 0 unspecified atom stereocenters. The van der Waals surface area contributed by atoms with E-state index in [2.05, 4.69) is 19.9 Å². The zero-order valence-corrected chi connectivity index (χ0v) is 13.8. The predicted molar refractivity (Wildman–Crippen MR) is 89.2 cm³/mol. The predicted octanol–water partition coefficient (Wildman–Crippen LogP) is 1.53. The number of sulfonamides is 1. The number of imidazole rings is 1. The van der Waals surface area contributed by atoms with Gasteiger partial charge in [0.05, 0.1) is 10.2 Å². The van der Waals surface area contributed by atoms with Gasteiger partial charge in [-0.3, -0.25) is 0 Å². The molecule has 4 rings (SSSR count). The molecule has 120 valence electrons. The number of rotatable bonds is 3. The van der Waals surface area contributed by atoms with E-state index in [1.807, 2.05) is 6.07 Å². The molecule has 1 aromatic carbocycles. The lowest BCUT2D eigenvalue weighted by Crippen LogP contribution is -2.49. The topological polar surface area (TPSA) is 82.2 Å². The first-order valence-electron chi connectivity index (χ1n) is 7.23. The summed E-state index contributed by atoms with van der Waals surface area (Å²) in [4.78, 5) is 13.8. The van der Waals surface area contributed by atoms with Crippen LogP contribution in [0, 0.1) is 0 Å². The number of benzene rings is 1. The van der Waals surface area contributed by atoms with Gasteiger partial charge in [0, 0.05) is 38.6 Å². The number of thiazole rings is 1. The lowest BCUT2D eigenvalue weighted by atomic mass is 10.3. The van der Waals surface area contributed by atoms with Crippen LogP contribution in [0.25, 0.3) is 10.2 Å². The summed E-state index contributed by atoms with van der Waals surface area (Å²) < 4.78 is 28.3. The fourth-order valence-electron chi connectivity index (χ4n) is 2.78. The molecule has 0 bridgehead atoms. The van der Waals surface area contributed by atoms with Crippen LogP contribution >= 0.6 is 11.3 Å². The number of nitrogens with one attached hydrogen (secondary N) is 1. The number of piperazine rings is 1. The smallest absolute Gasteiger partial charge is 0.245 e. The zero-order valence-electron chi connectivity index (χ0n) is 12.2. The van der Waals surface area contributed by atoms with Crippen LogP contribution in [0.3, 0.4) is 0 Å². The van der Waals surface area contributed by atoms with Crippen molar-refractivity contribution < 1.29 is 8.42 Å². The summed E-state index contributed by atoms with van der Waals surface area (Å²) in [5.41, 5.74) is 2.24. The SMILES string of the molecule is O=S(=O)(c1cccc2scnc12)N1CCN(c2ncc[nH]2)CC1. The third-order valence-electron chi connectivity index (χ3n) is 3.96. The van der Waals surface area contributed by atoms with Crippen LogP contribution in [0.5, 0.6) is 0 Å². The van der Waals surface area contributed by atoms with Gasteiger partial charge in [-0.1, -0.05) is 6.07 Å². The highest BCUT2D eigenvalue weighted by atomic mass is 32.2. The van der Waals surface area contributed by atoms with Crippen molar-refractivity contribution in [3.05, 3.63) is 36.1 Å². The van der Waals surface area contributed by atoms with Crippen molar-refractivity contribution in [2.45, 2.75) is 4.90 Å². The Balaban J connectivity index is 1.59. The van der Waals surface area contributed by atoms with Crippen LogP contribution in [0.1, 0.15) is 0 Å². The molecule has 0 aliphatic carbocycles. The van der Waals surface area contributed by atoms with Gasteiger partial charge in [0.15, 0.2) is 0 Å². The maximum atomic E-state index is 12.9. The number of para-hydroxylation sites is 1. The van der Waals surface area contributed by atoms with E-state index in [4.69, 9.17) is 0 Å². The molecule has 3 aromatic rings. The summed E-state index contributed by atoms with van der Waals surface area (Å²) in [7, 11) is -3.53. The minimum absolute atomic E-state index is 0.294. The fourth-order valence-corrected chi connectivity index (χ4v) is 5.13. The largest absolute Gasteiger partial charge is 0.340 e. The van der Waals surface area contributed by atoms with E-state index in [0.717, 1.165) is 10.6 Å². The third kappa shape index (κ3) is 2.50. The average Bonchev–Trinajstić information content (AvgIpc) is 3.26. The van der Waals surface area contributed by atoms with Crippen molar-refractivity contribution in [1.82, 2.24) is 19.3 Å². The van der Waals surface area contributed by atoms with Crippen molar-refractivity contribution in [2.24, 2.45) is 0 Å². The number of hydrogen-bond acceptors (Lipinski definition) is 6. The molecule has 1 N–H and O–H groups in total. The summed E-state index contributed by atoms with van der Waals surface area (Å²) in [6.45, 7) is 2.09. The van der Waals surface area contributed by atoms with Crippen molar-refractivity contribution in [1.29, 1.82) is 0 Å². The maximum Gasteiger partial charge on any atom is 0.245 e. The van der Waals surface area contributed by atoms with E-state index in [1.54, 1.807) is 30.0 Å². The van der Waals surface area contributed by atoms with Crippen molar-refractivity contribution in [3.63, 3.8) is 0 Å². The number of aromatic amines is 1. The molecule has 3 heterocycles. The van der Waals surface area contributed by atoms with Crippen LogP contribution in [0.15, 0.2) is 41.0 Å². The summed E-state index contributed by atoms with van der Waals surface area (Å²) in [6, 6.07) is 5.30. The first-order chi connectivity index (χ1) is 11.2. The monoisotopic (exact) mass is 349 g/mol. The lowest BCUT2D eigenvalue weighted by molar-refractivity contribution is 0.383. The number of fused-ring (bicyclic) bond motifs is 1. The summed E-state index contributed by atoms with van der Waals surface area (Å²) >= 11 is 1.45. The molecular weight excluding hydrogens is 334 g/mol. The standard InChI is InChI=1S/C14H15N5O2S2/c20-23(21,12-3-1-2-11-13(12)17-10-22-11)19-8-6-18(7-9-19)14-15-4-5-16-14/h1-5,10H,6-9H2,(H,15,16). The second-order valence-corrected chi connectivity index (χ2v) is 8.05. The van der Waals surface area contributed by atoms with Crippen LogP contribution in [0.2, 0.25) is 0 Å². The number of aromatic nitrogens is 3. The molecule has 0 radical (unpaired) electrons. The van der Waals surface area contributed by atoms with Gasteiger partial charge >= 0.3 is 0 Å². The molecular formula is C14H15N5O2S2. The van der Waals surface area contributed by atoms with Gasteiger partial charge in [-0.15, -0.1) is 11.3 Å². The van der Waals surface area contributed by atoms with Crippen LogP contribution in [0.4, 0.5) is 5.95 Å². The molecule has 7 nitrogen and oxygen atoms in total. The normalized spacial score (nSPS) is 17.0. The molecule has 0 saturated carbocycles. The van der Waals surface area contributed by atoms with Gasteiger partial charge in [-0.05, 0) is 12.1 Å². The molecule has 1 fully saturated rings. The minimum Gasteiger partial charge on any atom is -0.340 e. The third-order valence-corrected chi connectivity index (χ3v) is 6.69. The Hall–Kier alpha value is -1.97. The molecule has 0 amide bonds. The molecule has 0 spiro atoms. The minimum atomic E-state index is -3.53. The molecule has 9 heteroatoms. The van der Waals surface area contributed by atoms with E-state index in [1.165, 1.54) is 15.6 Å². The summed E-state index contributed by atoms with van der Waals surface area (Å²) in [5, 5.41) is 0. The quantitative estimate of drug-likeness (QED) is 0.775. The molecule has 1 aliphatic heterocycles. The van der Waals surface area contributed by atoms with E-state index < -0.39 is 10.0 Å². The van der Waals surface area contributed by atoms with E-state index in [-0.39, 0.29) is 0 Å². The highest BCUT2D eigenvalue weighted by Crippen LogP contribution is 2.27. The molecule has 0 atom stereocenters. The van der Waals surface area contributed by atoms with Gasteiger partial charge in [-0.2, -0.15) is 4.31 Å². The second-order valence-electron chi connectivity index (χ2n) is 5.26. The van der Waals surface area contributed by atoms with Gasteiger partial charge in [-0.25, -0.2) is 18.4 Å². The van der Waals surface area contributed by atoms with E-state index >= 15 is 0 Å². The summed E-state index contributed by atoms with van der Waals surface area (Å²) in [5.74, 6) is 0.781. The van der Waals surface area contributed by atoms with E-state index in [9.17, 15) is 8.42 Å². The number of anilines is 1. The van der Waals surface area contributed by atoms with Crippen molar-refractivity contribution in [2.75, 3.05) is 31.1 Å². The molecule has 2 aromatic heterocycles. The van der Waals surface area contributed by atoms with Crippen molar-refractivity contribution >= 4 is 37.5 Å². The Morgan fingerprint density at radius 3 is 2.70 bits per heavy atom. The Kier molecular flexibility index (Phi) is 3.55. The van der Waals surface area contributed by atoms with Gasteiger partial charge in [0.25, 0.3) is 0 Å². The molecule has 1 aliphatic rings. The first-order valence-corrected chi connectivity index (χ1v) is 9.55. The van der Waals surface area contributed by atoms with Crippen LogP contribution in [-0.4, -0.2) is 53.9 Å². The second kappa shape index (κ2) is 5.59. The highest BCUT2D eigenvalue weighted by Gasteiger charge is 2.30. The zero-order chi connectivity index (χ0) is 15.9. The Labute approximate surface area is 137 Å². The first kappa shape index (κ1) is 14.6. The lowest BCUT2D eigenvalue weighted by Gasteiger charge is -2.33. The Morgan fingerprint density at radius 2 is 1.96 bits per heavy atom. The van der Waals surface area contributed by atoms with Crippen LogP contribution < -0.4 is 4.90 Å². The highest BCUT2D eigenvalue weighted by molar-refractivity contribution is 7.89. The van der Waals surface area contributed by atoms with E-state index in [0.29, 0.717) is 36.6 Å².